The van der Waals surface area contributed by atoms with Crippen LogP contribution in [0.3, 0.4) is 0 Å². The molecule has 6 rings (SSSR count). The monoisotopic (exact) mass is 523 g/mol. The molecule has 9 heteroatoms. The number of aromatic nitrogens is 4. The normalized spacial score (nSPS) is 17.5. The smallest absolute Gasteiger partial charge is 0.302 e. The Labute approximate surface area is 225 Å². The summed E-state index contributed by atoms with van der Waals surface area (Å²) in [5.74, 6) is 0.749. The van der Waals surface area contributed by atoms with Gasteiger partial charge in [0.05, 0.1) is 26.1 Å². The van der Waals surface area contributed by atoms with Crippen molar-refractivity contribution in [2.24, 2.45) is 0 Å². The number of imidazole rings is 1. The summed E-state index contributed by atoms with van der Waals surface area (Å²) in [6.45, 7) is -0.0799. The van der Waals surface area contributed by atoms with Gasteiger partial charge >= 0.3 is 5.56 Å². The lowest BCUT2D eigenvalue weighted by molar-refractivity contribution is -0.0210. The van der Waals surface area contributed by atoms with Crippen molar-refractivity contribution < 1.29 is 14.6 Å². The van der Waals surface area contributed by atoms with Gasteiger partial charge in [0.2, 0.25) is 5.95 Å². The maximum absolute atomic E-state index is 13.1. The van der Waals surface area contributed by atoms with Crippen molar-refractivity contribution in [3.05, 3.63) is 118 Å². The molecule has 1 aliphatic heterocycles. The highest BCUT2D eigenvalue weighted by atomic mass is 16.5. The summed E-state index contributed by atoms with van der Waals surface area (Å²) in [7, 11) is 1.63. The maximum atomic E-state index is 13.1. The Hall–Kier alpha value is -4.47. The molecule has 9 nitrogen and oxygen atoms in total. The van der Waals surface area contributed by atoms with Gasteiger partial charge in [-0.15, -0.1) is 0 Å². The number of nitrogens with two attached hydrogens (primary N) is 1. The summed E-state index contributed by atoms with van der Waals surface area (Å²) in [6, 6.07) is 27.8. The van der Waals surface area contributed by atoms with Crippen molar-refractivity contribution in [1.29, 1.82) is 0 Å². The minimum Gasteiger partial charge on any atom is -0.497 e. The molecule has 0 radical (unpaired) electrons. The van der Waals surface area contributed by atoms with Crippen LogP contribution in [0.4, 0.5) is 5.95 Å². The first kappa shape index (κ1) is 24.8. The molecule has 3 aromatic carbocycles. The third-order valence-corrected chi connectivity index (χ3v) is 7.45. The summed E-state index contributed by atoms with van der Waals surface area (Å²) in [5.41, 5.74) is 8.53. The molecule has 0 unspecified atom stereocenters. The Bertz CT molecular complexity index is 1610. The van der Waals surface area contributed by atoms with Crippen LogP contribution in [0.5, 0.6) is 5.75 Å². The van der Waals surface area contributed by atoms with Gasteiger partial charge in [0.15, 0.2) is 11.2 Å². The van der Waals surface area contributed by atoms with Gasteiger partial charge in [-0.05, 0) is 41.7 Å². The van der Waals surface area contributed by atoms with Crippen LogP contribution in [0.2, 0.25) is 0 Å². The zero-order chi connectivity index (χ0) is 27.0. The number of aliphatic hydroxyl groups excluding tert-OH is 1. The van der Waals surface area contributed by atoms with Gasteiger partial charge in [0.25, 0.3) is 0 Å². The minimum atomic E-state index is -1.05. The van der Waals surface area contributed by atoms with Gasteiger partial charge in [-0.3, -0.25) is 13.9 Å². The number of nitrogens with zero attached hydrogens (tertiary/aromatic N) is 4. The average molecular weight is 524 g/mol. The van der Waals surface area contributed by atoms with E-state index in [0.717, 1.165) is 16.7 Å². The van der Waals surface area contributed by atoms with E-state index in [0.29, 0.717) is 24.2 Å². The lowest BCUT2D eigenvalue weighted by Crippen LogP contribution is -2.41. The van der Waals surface area contributed by atoms with Crippen LogP contribution >= 0.6 is 0 Å². The molecule has 3 N–H and O–H groups in total. The fraction of sp³-hybridized carbons (Fsp3) is 0.233. The molecule has 1 aliphatic rings. The molecule has 1 saturated heterocycles. The molecule has 3 heterocycles. The number of anilines is 1. The topological polar surface area (TPSA) is 117 Å². The number of hydrogen-bond donors (Lipinski definition) is 2. The first-order valence-electron chi connectivity index (χ1n) is 12.9. The Kier molecular flexibility index (Phi) is 6.38. The Morgan fingerprint density at radius 1 is 0.974 bits per heavy atom. The summed E-state index contributed by atoms with van der Waals surface area (Å²) >= 11 is 0. The van der Waals surface area contributed by atoms with E-state index in [1.165, 1.54) is 0 Å². The molecule has 1 fully saturated rings. The standard InChI is InChI=1S/C30H29N5O4/c1-38-23-14-12-22(13-15-23)30(20-8-4-2-5-9-20,21-10-6-3-7-11-21)35-28-26(27(37)33-29(35)31)32-19-34(28)25-17-16-24(18-36)39-25/h2-15,19,24-25,36H,16-18H2,1H3,(H2,31,33,37)/t24-,25+/m0/s1. The number of methoxy groups -OCH3 is 1. The van der Waals surface area contributed by atoms with Crippen molar-refractivity contribution in [3.63, 3.8) is 0 Å². The van der Waals surface area contributed by atoms with E-state index in [1.54, 1.807) is 13.4 Å². The Balaban J connectivity index is 1.77. The molecule has 0 amide bonds. The zero-order valence-corrected chi connectivity index (χ0v) is 21.5. The molecule has 198 valence electrons. The number of fused-ring (bicyclic) bond motifs is 1. The third kappa shape index (κ3) is 3.98. The van der Waals surface area contributed by atoms with Gasteiger partial charge in [0.1, 0.15) is 17.5 Å². The Morgan fingerprint density at radius 2 is 1.59 bits per heavy atom. The van der Waals surface area contributed by atoms with Crippen LogP contribution in [0.1, 0.15) is 35.8 Å². The second-order valence-corrected chi connectivity index (χ2v) is 9.58. The molecule has 39 heavy (non-hydrogen) atoms. The van der Waals surface area contributed by atoms with E-state index in [2.05, 4.69) is 9.97 Å². The predicted molar refractivity (Wildman–Crippen MR) is 148 cm³/mol. The SMILES string of the molecule is COc1ccc(C(c2ccccc2)(c2ccccc2)n2c(N)nc(=O)c3ncn([C@H]4CC[C@@H](CO)O4)c32)cc1. The third-order valence-electron chi connectivity index (χ3n) is 7.45. The summed E-state index contributed by atoms with van der Waals surface area (Å²) in [5, 5.41) is 9.71. The second-order valence-electron chi connectivity index (χ2n) is 9.58. The Morgan fingerprint density at radius 3 is 2.15 bits per heavy atom. The first-order valence-corrected chi connectivity index (χ1v) is 12.9. The highest BCUT2D eigenvalue weighted by molar-refractivity contribution is 5.74. The summed E-state index contributed by atoms with van der Waals surface area (Å²) in [6.07, 6.45) is 2.22. The molecule has 2 atom stereocenters. The predicted octanol–water partition coefficient (Wildman–Crippen LogP) is 3.69. The summed E-state index contributed by atoms with van der Waals surface area (Å²) in [4.78, 5) is 21.9. The van der Waals surface area contributed by atoms with Crippen molar-refractivity contribution in [3.8, 4) is 5.75 Å². The van der Waals surface area contributed by atoms with Gasteiger partial charge in [-0.2, -0.15) is 4.98 Å². The van der Waals surface area contributed by atoms with Gasteiger partial charge in [0, 0.05) is 0 Å². The van der Waals surface area contributed by atoms with Crippen LogP contribution in [-0.4, -0.2) is 44.0 Å². The quantitative estimate of drug-likeness (QED) is 0.313. The molecule has 0 spiro atoms. The van der Waals surface area contributed by atoms with E-state index in [4.69, 9.17) is 15.2 Å². The molecule has 0 bridgehead atoms. The molecule has 2 aromatic heterocycles. The van der Waals surface area contributed by atoms with Crippen molar-refractivity contribution in [2.45, 2.75) is 30.7 Å². The van der Waals surface area contributed by atoms with E-state index in [-0.39, 0.29) is 24.2 Å². The summed E-state index contributed by atoms with van der Waals surface area (Å²) < 4.78 is 15.3. The largest absolute Gasteiger partial charge is 0.497 e. The van der Waals surface area contributed by atoms with Crippen molar-refractivity contribution >= 4 is 17.1 Å². The first-order chi connectivity index (χ1) is 19.1. The maximum Gasteiger partial charge on any atom is 0.302 e. The number of ether oxygens (including phenoxy) is 2. The lowest BCUT2D eigenvalue weighted by atomic mass is 9.76. The average Bonchev–Trinajstić information content (AvgIpc) is 3.64. The number of hydrogen-bond acceptors (Lipinski definition) is 7. The van der Waals surface area contributed by atoms with Gasteiger partial charge in [-0.25, -0.2) is 4.98 Å². The molecule has 0 aliphatic carbocycles. The fourth-order valence-corrected chi connectivity index (χ4v) is 5.69. The number of benzene rings is 3. The number of aliphatic hydroxyl groups is 1. The van der Waals surface area contributed by atoms with Crippen LogP contribution in [0, 0.1) is 0 Å². The van der Waals surface area contributed by atoms with Gasteiger partial charge < -0.3 is 20.3 Å². The van der Waals surface area contributed by atoms with E-state index in [9.17, 15) is 9.90 Å². The van der Waals surface area contributed by atoms with Crippen LogP contribution in [-0.2, 0) is 10.3 Å². The zero-order valence-electron chi connectivity index (χ0n) is 21.5. The van der Waals surface area contributed by atoms with Crippen molar-refractivity contribution in [2.75, 3.05) is 19.5 Å². The van der Waals surface area contributed by atoms with E-state index >= 15 is 0 Å². The van der Waals surface area contributed by atoms with E-state index < -0.39 is 17.3 Å². The number of rotatable bonds is 7. The van der Waals surface area contributed by atoms with E-state index in [1.807, 2.05) is 94.1 Å². The molecule has 0 saturated carbocycles. The molecule has 5 aromatic rings. The van der Waals surface area contributed by atoms with Crippen LogP contribution in [0.15, 0.2) is 96.1 Å². The second kappa shape index (κ2) is 10.0. The fourth-order valence-electron chi connectivity index (χ4n) is 5.69. The lowest BCUT2D eigenvalue weighted by Gasteiger charge is -2.39. The highest BCUT2D eigenvalue weighted by Crippen LogP contribution is 2.44. The van der Waals surface area contributed by atoms with Gasteiger partial charge in [-0.1, -0.05) is 72.8 Å². The van der Waals surface area contributed by atoms with Crippen molar-refractivity contribution in [1.82, 2.24) is 19.1 Å². The van der Waals surface area contributed by atoms with Crippen LogP contribution in [0.25, 0.3) is 11.2 Å². The molecular weight excluding hydrogens is 494 g/mol. The number of nitrogen functional groups attached to an aromatic ring is 1. The van der Waals surface area contributed by atoms with Crippen LogP contribution < -0.4 is 16.0 Å². The minimum absolute atomic E-state index is 0.0366. The highest BCUT2D eigenvalue weighted by Gasteiger charge is 2.42. The molecular formula is C30H29N5O4.